The van der Waals surface area contributed by atoms with E-state index in [9.17, 15) is 8.42 Å². The highest BCUT2D eigenvalue weighted by Crippen LogP contribution is 2.26. The molecule has 4 rings (SSSR count). The van der Waals surface area contributed by atoms with Gasteiger partial charge in [-0.2, -0.15) is 4.31 Å². The molecular weight excluding hydrogens is 394 g/mol. The molecule has 2 aromatic heterocycles. The van der Waals surface area contributed by atoms with Crippen LogP contribution in [-0.2, 0) is 15.8 Å². The molecule has 0 N–H and O–H groups in total. The molecular formula is C20H21N3O3S2. The van der Waals surface area contributed by atoms with Crippen LogP contribution >= 0.6 is 11.8 Å². The second-order valence-corrected chi connectivity index (χ2v) is 9.50. The summed E-state index contributed by atoms with van der Waals surface area (Å²) >= 11 is 1.46. The predicted molar refractivity (Wildman–Crippen MR) is 108 cm³/mol. The van der Waals surface area contributed by atoms with E-state index in [0.717, 1.165) is 35.6 Å². The van der Waals surface area contributed by atoms with Gasteiger partial charge in [0.05, 0.1) is 17.0 Å². The number of pyridine rings is 1. The van der Waals surface area contributed by atoms with Crippen LogP contribution in [0.2, 0.25) is 0 Å². The van der Waals surface area contributed by atoms with Crippen molar-refractivity contribution >= 4 is 21.8 Å². The number of benzene rings is 1. The van der Waals surface area contributed by atoms with Gasteiger partial charge in [0.2, 0.25) is 15.9 Å². The van der Waals surface area contributed by atoms with E-state index in [1.54, 1.807) is 22.6 Å². The Labute approximate surface area is 169 Å². The fourth-order valence-corrected chi connectivity index (χ4v) is 5.27. The standard InChI is InChI=1S/C20H21N3O3S2/c24-28(25,23-11-5-2-6-12-23)17-9-10-20(22-13-17)27-15-19-21-14-18(26-19)16-7-3-1-4-8-16/h1,3-4,7-10,13-14H,2,5-6,11-12,15H2. The summed E-state index contributed by atoms with van der Waals surface area (Å²) in [4.78, 5) is 8.87. The Morgan fingerprint density at radius 3 is 2.46 bits per heavy atom. The molecule has 1 fully saturated rings. The minimum absolute atomic E-state index is 0.251. The van der Waals surface area contributed by atoms with Gasteiger partial charge >= 0.3 is 0 Å². The van der Waals surface area contributed by atoms with Crippen molar-refractivity contribution in [3.8, 4) is 11.3 Å². The van der Waals surface area contributed by atoms with E-state index in [1.807, 2.05) is 30.3 Å². The molecule has 0 amide bonds. The molecule has 1 aromatic carbocycles. The van der Waals surface area contributed by atoms with Crippen molar-refractivity contribution in [2.45, 2.75) is 34.9 Å². The third-order valence-electron chi connectivity index (χ3n) is 4.62. The molecule has 0 radical (unpaired) electrons. The summed E-state index contributed by atoms with van der Waals surface area (Å²) in [5.74, 6) is 1.86. The van der Waals surface area contributed by atoms with Crippen molar-refractivity contribution in [3.05, 3.63) is 60.7 Å². The van der Waals surface area contributed by atoms with Gasteiger partial charge < -0.3 is 4.42 Å². The molecule has 1 aliphatic rings. The summed E-state index contributed by atoms with van der Waals surface area (Å²) in [5.41, 5.74) is 0.983. The molecule has 8 heteroatoms. The lowest BCUT2D eigenvalue weighted by atomic mass is 10.2. The average Bonchev–Trinajstić information content (AvgIpc) is 3.23. The van der Waals surface area contributed by atoms with E-state index in [2.05, 4.69) is 9.97 Å². The lowest BCUT2D eigenvalue weighted by molar-refractivity contribution is 0.346. The minimum atomic E-state index is -3.44. The SMILES string of the molecule is O=S(=O)(c1ccc(SCc2ncc(-c3ccccc3)o2)nc1)N1CCCCC1. The monoisotopic (exact) mass is 415 g/mol. The third-order valence-corrected chi connectivity index (χ3v) is 7.43. The van der Waals surface area contributed by atoms with Gasteiger partial charge in [-0.1, -0.05) is 48.5 Å². The van der Waals surface area contributed by atoms with E-state index in [-0.39, 0.29) is 4.90 Å². The number of aromatic nitrogens is 2. The maximum Gasteiger partial charge on any atom is 0.244 e. The largest absolute Gasteiger partial charge is 0.440 e. The highest BCUT2D eigenvalue weighted by molar-refractivity contribution is 7.98. The lowest BCUT2D eigenvalue weighted by Crippen LogP contribution is -2.35. The van der Waals surface area contributed by atoms with E-state index in [0.29, 0.717) is 24.7 Å². The Balaban J connectivity index is 1.39. The smallest absolute Gasteiger partial charge is 0.244 e. The van der Waals surface area contributed by atoms with E-state index in [1.165, 1.54) is 18.0 Å². The summed E-state index contributed by atoms with van der Waals surface area (Å²) in [6, 6.07) is 13.2. The molecule has 0 bridgehead atoms. The fourth-order valence-electron chi connectivity index (χ4n) is 3.11. The van der Waals surface area contributed by atoms with Gasteiger partial charge in [0.1, 0.15) is 4.90 Å². The number of nitrogens with zero attached hydrogens (tertiary/aromatic N) is 3. The van der Waals surface area contributed by atoms with Crippen molar-refractivity contribution in [1.82, 2.24) is 14.3 Å². The molecule has 3 heterocycles. The summed E-state index contributed by atoms with van der Waals surface area (Å²) < 4.78 is 32.7. The van der Waals surface area contributed by atoms with E-state index in [4.69, 9.17) is 4.42 Å². The van der Waals surface area contributed by atoms with E-state index >= 15 is 0 Å². The highest BCUT2D eigenvalue weighted by atomic mass is 32.2. The van der Waals surface area contributed by atoms with Crippen molar-refractivity contribution in [2.75, 3.05) is 13.1 Å². The lowest BCUT2D eigenvalue weighted by Gasteiger charge is -2.25. The summed E-state index contributed by atoms with van der Waals surface area (Å²) in [6.07, 6.45) is 6.08. The van der Waals surface area contributed by atoms with Crippen molar-refractivity contribution in [3.63, 3.8) is 0 Å². The van der Waals surface area contributed by atoms with Gasteiger partial charge in [0, 0.05) is 24.8 Å². The van der Waals surface area contributed by atoms with Crippen molar-refractivity contribution in [2.24, 2.45) is 0 Å². The molecule has 0 aliphatic carbocycles. The van der Waals surface area contributed by atoms with Gasteiger partial charge in [-0.05, 0) is 25.0 Å². The van der Waals surface area contributed by atoms with Gasteiger partial charge in [0.25, 0.3) is 0 Å². The van der Waals surface area contributed by atoms with Crippen LogP contribution in [0.3, 0.4) is 0 Å². The summed E-state index contributed by atoms with van der Waals surface area (Å²) in [5, 5.41) is 0.733. The van der Waals surface area contributed by atoms with Crippen LogP contribution in [0.4, 0.5) is 0 Å². The Kier molecular flexibility index (Phi) is 5.79. The van der Waals surface area contributed by atoms with Gasteiger partial charge in [-0.3, -0.25) is 0 Å². The molecule has 28 heavy (non-hydrogen) atoms. The van der Waals surface area contributed by atoms with Crippen molar-refractivity contribution in [1.29, 1.82) is 0 Å². The quantitative estimate of drug-likeness (QED) is 0.562. The number of rotatable bonds is 6. The first-order valence-electron chi connectivity index (χ1n) is 9.22. The number of hydrogen-bond donors (Lipinski definition) is 0. The number of thioether (sulfide) groups is 1. The topological polar surface area (TPSA) is 76.3 Å². The van der Waals surface area contributed by atoms with Crippen LogP contribution in [0, 0.1) is 0 Å². The second-order valence-electron chi connectivity index (χ2n) is 6.57. The molecule has 0 atom stereocenters. The number of sulfonamides is 1. The number of oxazole rings is 1. The second kappa shape index (κ2) is 8.46. The first-order chi connectivity index (χ1) is 13.6. The number of hydrogen-bond acceptors (Lipinski definition) is 6. The van der Waals surface area contributed by atoms with Crippen molar-refractivity contribution < 1.29 is 12.8 Å². The molecule has 1 saturated heterocycles. The molecule has 3 aromatic rings. The normalized spacial score (nSPS) is 15.6. The number of piperidine rings is 1. The van der Waals surface area contributed by atoms with Crippen LogP contribution in [0.15, 0.2) is 69.2 Å². The van der Waals surface area contributed by atoms with Crippen LogP contribution in [0.1, 0.15) is 25.2 Å². The molecule has 0 unspecified atom stereocenters. The summed E-state index contributed by atoms with van der Waals surface area (Å²) in [7, 11) is -3.44. The predicted octanol–water partition coefficient (Wildman–Crippen LogP) is 4.20. The average molecular weight is 416 g/mol. The van der Waals surface area contributed by atoms with E-state index < -0.39 is 10.0 Å². The first-order valence-corrected chi connectivity index (χ1v) is 11.6. The van der Waals surface area contributed by atoms with Crippen LogP contribution in [-0.4, -0.2) is 35.8 Å². The highest BCUT2D eigenvalue weighted by Gasteiger charge is 2.26. The zero-order chi connectivity index (χ0) is 19.4. The van der Waals surface area contributed by atoms with Gasteiger partial charge in [0.15, 0.2) is 5.76 Å². The minimum Gasteiger partial charge on any atom is -0.440 e. The molecule has 0 spiro atoms. The molecule has 146 valence electrons. The molecule has 0 saturated carbocycles. The maximum atomic E-state index is 12.7. The van der Waals surface area contributed by atoms with Gasteiger partial charge in [-0.15, -0.1) is 0 Å². The zero-order valence-electron chi connectivity index (χ0n) is 15.3. The first kappa shape index (κ1) is 19.2. The fraction of sp³-hybridized carbons (Fsp3) is 0.300. The molecule has 6 nitrogen and oxygen atoms in total. The Hall–Kier alpha value is -2.16. The molecule has 1 aliphatic heterocycles. The maximum absolute atomic E-state index is 12.7. The zero-order valence-corrected chi connectivity index (χ0v) is 17.0. The van der Waals surface area contributed by atoms with Crippen LogP contribution < -0.4 is 0 Å². The summed E-state index contributed by atoms with van der Waals surface area (Å²) in [6.45, 7) is 1.18. The third kappa shape index (κ3) is 4.29. The van der Waals surface area contributed by atoms with Gasteiger partial charge in [-0.25, -0.2) is 18.4 Å². The van der Waals surface area contributed by atoms with Crippen LogP contribution in [0.25, 0.3) is 11.3 Å². The Morgan fingerprint density at radius 2 is 1.75 bits per heavy atom. The Morgan fingerprint density at radius 1 is 0.964 bits per heavy atom. The Bertz CT molecular complexity index is 1010. The van der Waals surface area contributed by atoms with Crippen LogP contribution in [0.5, 0.6) is 0 Å².